The maximum absolute atomic E-state index is 12.1. The van der Waals surface area contributed by atoms with Gasteiger partial charge in [-0.2, -0.15) is 0 Å². The van der Waals surface area contributed by atoms with E-state index in [1.165, 1.54) is 0 Å². The molecule has 5 heteroatoms. The van der Waals surface area contributed by atoms with Crippen LogP contribution < -0.4 is 10.6 Å². The topological polar surface area (TPSA) is 70.6 Å². The number of ether oxygens (including phenoxy) is 1. The molecule has 2 aromatic carbocycles. The molecule has 1 amide bonds. The van der Waals surface area contributed by atoms with Gasteiger partial charge in [-0.05, 0) is 12.1 Å². The van der Waals surface area contributed by atoms with Gasteiger partial charge in [-0.25, -0.2) is 0 Å². The summed E-state index contributed by atoms with van der Waals surface area (Å²) >= 11 is 0. The summed E-state index contributed by atoms with van der Waals surface area (Å²) < 4.78 is 5.34. The van der Waals surface area contributed by atoms with Gasteiger partial charge in [0.2, 0.25) is 5.91 Å². The number of morpholine rings is 1. The minimum atomic E-state index is -0.0613. The molecule has 2 aromatic rings. The van der Waals surface area contributed by atoms with Crippen LogP contribution in [-0.4, -0.2) is 36.8 Å². The van der Waals surface area contributed by atoms with E-state index in [9.17, 15) is 9.90 Å². The van der Waals surface area contributed by atoms with Crippen molar-refractivity contribution in [1.29, 1.82) is 0 Å². The molecule has 0 saturated carbocycles. The number of hydrogen-bond donors (Lipinski definition) is 3. The van der Waals surface area contributed by atoms with Crippen LogP contribution in [0.4, 0.5) is 5.69 Å². The third-order valence-corrected chi connectivity index (χ3v) is 3.60. The summed E-state index contributed by atoms with van der Waals surface area (Å²) in [7, 11) is 0. The lowest BCUT2D eigenvalue weighted by atomic mass is 10.1. The monoisotopic (exact) mass is 286 g/mol. The molecule has 1 unspecified atom stereocenters. The molecule has 21 heavy (non-hydrogen) atoms. The van der Waals surface area contributed by atoms with E-state index in [1.54, 1.807) is 12.1 Å². The van der Waals surface area contributed by atoms with Gasteiger partial charge in [-0.3, -0.25) is 4.79 Å². The first-order valence-corrected chi connectivity index (χ1v) is 7.06. The number of carbonyl (C=O) groups is 1. The van der Waals surface area contributed by atoms with E-state index in [1.807, 2.05) is 24.3 Å². The van der Waals surface area contributed by atoms with Crippen LogP contribution >= 0.6 is 0 Å². The summed E-state index contributed by atoms with van der Waals surface area (Å²) in [4.78, 5) is 12.1. The van der Waals surface area contributed by atoms with E-state index in [0.717, 1.165) is 17.3 Å². The standard InChI is InChI=1S/C16H18N2O3/c19-15-6-2-3-12-13(15)4-1-5-14(12)18-16(20)9-11-10-21-8-7-17-11/h1-6,11,17,19H,7-10H2,(H,18,20). The molecule has 1 heterocycles. The molecule has 0 radical (unpaired) electrons. The highest BCUT2D eigenvalue weighted by Crippen LogP contribution is 2.29. The molecule has 1 aliphatic heterocycles. The number of rotatable bonds is 3. The SMILES string of the molecule is O=C(CC1COCCN1)Nc1cccc2c(O)cccc12. The van der Waals surface area contributed by atoms with Crippen LogP contribution in [0.15, 0.2) is 36.4 Å². The minimum absolute atomic E-state index is 0.0575. The summed E-state index contributed by atoms with van der Waals surface area (Å²) in [5.41, 5.74) is 0.713. The van der Waals surface area contributed by atoms with Gasteiger partial charge in [0.25, 0.3) is 0 Å². The Labute approximate surface area is 122 Å². The third kappa shape index (κ3) is 3.15. The summed E-state index contributed by atoms with van der Waals surface area (Å²) in [6.45, 7) is 2.03. The van der Waals surface area contributed by atoms with Crippen molar-refractivity contribution in [2.45, 2.75) is 12.5 Å². The van der Waals surface area contributed by atoms with Crippen LogP contribution in [0.2, 0.25) is 0 Å². The van der Waals surface area contributed by atoms with Crippen LogP contribution in [-0.2, 0) is 9.53 Å². The van der Waals surface area contributed by atoms with E-state index in [-0.39, 0.29) is 17.7 Å². The number of fused-ring (bicyclic) bond motifs is 1. The van der Waals surface area contributed by atoms with Gasteiger partial charge in [-0.15, -0.1) is 0 Å². The lowest BCUT2D eigenvalue weighted by Gasteiger charge is -2.23. The second kappa shape index (κ2) is 6.11. The molecule has 0 aliphatic carbocycles. The van der Waals surface area contributed by atoms with E-state index in [4.69, 9.17) is 4.74 Å². The van der Waals surface area contributed by atoms with Gasteiger partial charge in [0, 0.05) is 35.5 Å². The van der Waals surface area contributed by atoms with E-state index in [0.29, 0.717) is 25.3 Å². The maximum atomic E-state index is 12.1. The summed E-state index contributed by atoms with van der Waals surface area (Å²) in [6, 6.07) is 10.8. The predicted molar refractivity (Wildman–Crippen MR) is 81.5 cm³/mol. The fraction of sp³-hybridized carbons (Fsp3) is 0.312. The second-order valence-electron chi connectivity index (χ2n) is 5.16. The van der Waals surface area contributed by atoms with E-state index < -0.39 is 0 Å². The van der Waals surface area contributed by atoms with Gasteiger partial charge < -0.3 is 20.5 Å². The molecule has 3 N–H and O–H groups in total. The molecular formula is C16H18N2O3. The van der Waals surface area contributed by atoms with E-state index >= 15 is 0 Å². The summed E-state index contributed by atoms with van der Waals surface area (Å²) in [5, 5.41) is 17.6. The summed E-state index contributed by atoms with van der Waals surface area (Å²) in [5.74, 6) is 0.153. The van der Waals surface area contributed by atoms with Crippen molar-refractivity contribution in [1.82, 2.24) is 5.32 Å². The lowest BCUT2D eigenvalue weighted by molar-refractivity contribution is -0.117. The number of aromatic hydroxyl groups is 1. The van der Waals surface area contributed by atoms with Gasteiger partial charge in [0.15, 0.2) is 0 Å². The Hall–Kier alpha value is -2.11. The van der Waals surface area contributed by atoms with Crippen molar-refractivity contribution in [2.75, 3.05) is 25.1 Å². The highest BCUT2D eigenvalue weighted by atomic mass is 16.5. The molecule has 1 atom stereocenters. The zero-order valence-electron chi connectivity index (χ0n) is 11.6. The molecule has 0 aromatic heterocycles. The molecule has 3 rings (SSSR count). The van der Waals surface area contributed by atoms with Crippen molar-refractivity contribution in [3.8, 4) is 5.75 Å². The Bertz CT molecular complexity index is 651. The van der Waals surface area contributed by atoms with Gasteiger partial charge >= 0.3 is 0 Å². The first kappa shape index (κ1) is 13.9. The van der Waals surface area contributed by atoms with Crippen molar-refractivity contribution >= 4 is 22.4 Å². The molecule has 5 nitrogen and oxygen atoms in total. The Balaban J connectivity index is 1.75. The average Bonchev–Trinajstić information content (AvgIpc) is 2.49. The lowest BCUT2D eigenvalue weighted by Crippen LogP contribution is -2.43. The molecule has 1 fully saturated rings. The molecule has 110 valence electrons. The van der Waals surface area contributed by atoms with Crippen LogP contribution in [0, 0.1) is 0 Å². The largest absolute Gasteiger partial charge is 0.507 e. The second-order valence-corrected chi connectivity index (χ2v) is 5.16. The Morgan fingerprint density at radius 3 is 2.90 bits per heavy atom. The van der Waals surface area contributed by atoms with Crippen LogP contribution in [0.1, 0.15) is 6.42 Å². The van der Waals surface area contributed by atoms with Gasteiger partial charge in [-0.1, -0.05) is 24.3 Å². The Morgan fingerprint density at radius 1 is 1.29 bits per heavy atom. The minimum Gasteiger partial charge on any atom is -0.507 e. The number of hydrogen-bond acceptors (Lipinski definition) is 4. The first-order valence-electron chi connectivity index (χ1n) is 7.06. The number of phenols is 1. The number of anilines is 1. The summed E-state index contributed by atoms with van der Waals surface area (Å²) in [6.07, 6.45) is 0.370. The average molecular weight is 286 g/mol. The Kier molecular flexibility index (Phi) is 4.03. The van der Waals surface area contributed by atoms with Crippen molar-refractivity contribution in [2.24, 2.45) is 0 Å². The highest BCUT2D eigenvalue weighted by molar-refractivity contribution is 6.04. The fourth-order valence-electron chi connectivity index (χ4n) is 2.58. The third-order valence-electron chi connectivity index (χ3n) is 3.60. The van der Waals surface area contributed by atoms with Crippen LogP contribution in [0.3, 0.4) is 0 Å². The van der Waals surface area contributed by atoms with Crippen LogP contribution in [0.25, 0.3) is 10.8 Å². The van der Waals surface area contributed by atoms with Crippen molar-refractivity contribution < 1.29 is 14.6 Å². The van der Waals surface area contributed by atoms with E-state index in [2.05, 4.69) is 10.6 Å². The Morgan fingerprint density at radius 2 is 2.10 bits per heavy atom. The molecule has 0 spiro atoms. The molecule has 0 bridgehead atoms. The van der Waals surface area contributed by atoms with Gasteiger partial charge in [0.1, 0.15) is 5.75 Å². The fourth-order valence-corrected chi connectivity index (χ4v) is 2.58. The smallest absolute Gasteiger partial charge is 0.226 e. The van der Waals surface area contributed by atoms with Crippen molar-refractivity contribution in [3.63, 3.8) is 0 Å². The first-order chi connectivity index (χ1) is 10.2. The normalized spacial score (nSPS) is 18.6. The van der Waals surface area contributed by atoms with Crippen molar-refractivity contribution in [3.05, 3.63) is 36.4 Å². The number of benzene rings is 2. The van der Waals surface area contributed by atoms with Crippen LogP contribution in [0.5, 0.6) is 5.75 Å². The maximum Gasteiger partial charge on any atom is 0.226 e. The number of carbonyl (C=O) groups excluding carboxylic acids is 1. The zero-order chi connectivity index (χ0) is 14.7. The predicted octanol–water partition coefficient (Wildman–Crippen LogP) is 1.86. The number of phenolic OH excluding ortho intramolecular Hbond substituents is 1. The quantitative estimate of drug-likeness (QED) is 0.805. The number of nitrogens with one attached hydrogen (secondary N) is 2. The van der Waals surface area contributed by atoms with Gasteiger partial charge in [0.05, 0.1) is 13.2 Å². The molecule has 1 aliphatic rings. The molecular weight excluding hydrogens is 268 g/mol. The number of amides is 1. The molecule has 1 saturated heterocycles. The zero-order valence-corrected chi connectivity index (χ0v) is 11.6. The highest BCUT2D eigenvalue weighted by Gasteiger charge is 2.17.